The van der Waals surface area contributed by atoms with Crippen LogP contribution in [0.25, 0.3) is 0 Å². The van der Waals surface area contributed by atoms with Gasteiger partial charge >= 0.3 is 6.18 Å². The predicted molar refractivity (Wildman–Crippen MR) is 79.9 cm³/mol. The molecule has 0 spiro atoms. The highest BCUT2D eigenvalue weighted by Gasteiger charge is 2.37. The van der Waals surface area contributed by atoms with E-state index in [2.05, 4.69) is 11.7 Å². The van der Waals surface area contributed by atoms with Crippen LogP contribution < -0.4 is 0 Å². The lowest BCUT2D eigenvalue weighted by atomic mass is 9.96. The molecule has 0 saturated heterocycles. The summed E-state index contributed by atoms with van der Waals surface area (Å²) >= 11 is 0. The van der Waals surface area contributed by atoms with E-state index in [4.69, 9.17) is 0 Å². The van der Waals surface area contributed by atoms with Gasteiger partial charge in [-0.15, -0.1) is 0 Å². The van der Waals surface area contributed by atoms with Crippen molar-refractivity contribution in [3.63, 3.8) is 0 Å². The lowest BCUT2D eigenvalue weighted by molar-refractivity contribution is -0.162. The molecule has 0 aromatic rings. The monoisotopic (exact) mass is 287 g/mol. The van der Waals surface area contributed by atoms with Crippen LogP contribution in [-0.2, 0) is 0 Å². The van der Waals surface area contributed by atoms with Crippen LogP contribution in [0.3, 0.4) is 0 Å². The third-order valence-electron chi connectivity index (χ3n) is 3.11. The van der Waals surface area contributed by atoms with E-state index in [0.29, 0.717) is 17.7 Å². The van der Waals surface area contributed by atoms with Crippen molar-refractivity contribution in [2.75, 3.05) is 0 Å². The average Bonchev–Trinajstić information content (AvgIpc) is 2.37. The summed E-state index contributed by atoms with van der Waals surface area (Å²) in [5.74, 6) is -1.44. The SMILES string of the molecule is C=NC(=C(C)CC)C(/C=C\C)=C/C(CCC)C(F)(F)F. The largest absolute Gasteiger partial charge is 0.395 e. The molecule has 4 heteroatoms. The number of hydrogen-bond acceptors (Lipinski definition) is 1. The molecule has 0 rings (SSSR count). The molecule has 0 saturated carbocycles. The summed E-state index contributed by atoms with van der Waals surface area (Å²) in [6, 6.07) is 0. The maximum absolute atomic E-state index is 13.0. The van der Waals surface area contributed by atoms with Gasteiger partial charge in [0.05, 0.1) is 11.6 Å². The number of nitrogens with zero attached hydrogens (tertiary/aromatic N) is 1. The van der Waals surface area contributed by atoms with Crippen LogP contribution in [0.4, 0.5) is 13.2 Å². The van der Waals surface area contributed by atoms with E-state index < -0.39 is 12.1 Å². The number of hydrogen-bond donors (Lipinski definition) is 0. The average molecular weight is 287 g/mol. The zero-order valence-electron chi connectivity index (χ0n) is 12.7. The Bertz CT molecular complexity index is 400. The van der Waals surface area contributed by atoms with Gasteiger partial charge in [-0.25, -0.2) is 0 Å². The van der Waals surface area contributed by atoms with Crippen molar-refractivity contribution < 1.29 is 13.2 Å². The highest BCUT2D eigenvalue weighted by molar-refractivity contribution is 5.46. The quantitative estimate of drug-likeness (QED) is 0.411. The van der Waals surface area contributed by atoms with Gasteiger partial charge in [0.25, 0.3) is 0 Å². The van der Waals surface area contributed by atoms with Gasteiger partial charge in [0, 0.05) is 0 Å². The molecule has 0 heterocycles. The van der Waals surface area contributed by atoms with Crippen molar-refractivity contribution in [3.8, 4) is 0 Å². The lowest BCUT2D eigenvalue weighted by Crippen LogP contribution is -2.21. The summed E-state index contributed by atoms with van der Waals surface area (Å²) in [5.41, 5.74) is 1.98. The van der Waals surface area contributed by atoms with Crippen LogP contribution in [0.2, 0.25) is 0 Å². The molecule has 1 atom stereocenters. The Hall–Kier alpha value is -1.32. The number of halogens is 3. The minimum absolute atomic E-state index is 0.0835. The van der Waals surface area contributed by atoms with Crippen LogP contribution in [0, 0.1) is 5.92 Å². The Balaban J connectivity index is 5.76. The third-order valence-corrected chi connectivity index (χ3v) is 3.11. The first-order valence-electron chi connectivity index (χ1n) is 6.89. The van der Waals surface area contributed by atoms with Gasteiger partial charge in [-0.3, -0.25) is 4.99 Å². The minimum atomic E-state index is -4.23. The Morgan fingerprint density at radius 3 is 2.25 bits per heavy atom. The molecule has 1 unspecified atom stereocenters. The second kappa shape index (κ2) is 8.77. The Labute approximate surface area is 120 Å². The first kappa shape index (κ1) is 18.7. The molecule has 0 aliphatic rings. The molecule has 0 aromatic heterocycles. The fraction of sp³-hybridized carbons (Fsp3) is 0.562. The molecule has 20 heavy (non-hydrogen) atoms. The third kappa shape index (κ3) is 5.76. The summed E-state index contributed by atoms with van der Waals surface area (Å²) in [6.45, 7) is 10.8. The molecule has 0 aliphatic heterocycles. The molecular formula is C16H24F3N. The Morgan fingerprint density at radius 2 is 1.90 bits per heavy atom. The fourth-order valence-corrected chi connectivity index (χ4v) is 1.90. The van der Waals surface area contributed by atoms with Crippen molar-refractivity contribution in [1.82, 2.24) is 0 Å². The first-order chi connectivity index (χ1) is 9.31. The second-order valence-corrected chi connectivity index (χ2v) is 4.70. The topological polar surface area (TPSA) is 12.4 Å². The summed E-state index contributed by atoms with van der Waals surface area (Å²) in [4.78, 5) is 3.92. The van der Waals surface area contributed by atoms with Crippen molar-refractivity contribution in [2.45, 2.75) is 53.1 Å². The van der Waals surface area contributed by atoms with E-state index in [9.17, 15) is 13.2 Å². The smallest absolute Gasteiger partial charge is 0.264 e. The second-order valence-electron chi connectivity index (χ2n) is 4.70. The first-order valence-corrected chi connectivity index (χ1v) is 6.89. The maximum Gasteiger partial charge on any atom is 0.395 e. The van der Waals surface area contributed by atoms with Gasteiger partial charge in [0.1, 0.15) is 0 Å². The zero-order chi connectivity index (χ0) is 15.8. The van der Waals surface area contributed by atoms with Crippen LogP contribution >= 0.6 is 0 Å². The lowest BCUT2D eigenvalue weighted by Gasteiger charge is -2.18. The normalized spacial score (nSPS) is 16.2. The van der Waals surface area contributed by atoms with Crippen molar-refractivity contribution in [1.29, 1.82) is 0 Å². The molecule has 0 N–H and O–H groups in total. The van der Waals surface area contributed by atoms with Gasteiger partial charge in [-0.2, -0.15) is 13.2 Å². The molecule has 1 nitrogen and oxygen atoms in total. The Morgan fingerprint density at radius 1 is 1.30 bits per heavy atom. The molecule has 0 amide bonds. The van der Waals surface area contributed by atoms with E-state index in [1.807, 2.05) is 13.8 Å². The highest BCUT2D eigenvalue weighted by atomic mass is 19.4. The highest BCUT2D eigenvalue weighted by Crippen LogP contribution is 2.33. The summed E-state index contributed by atoms with van der Waals surface area (Å²) in [7, 11) is 0. The van der Waals surface area contributed by atoms with E-state index in [0.717, 1.165) is 12.0 Å². The van der Waals surface area contributed by atoms with Gasteiger partial charge in [-0.1, -0.05) is 38.5 Å². The number of rotatable bonds is 7. The Kier molecular flexibility index (Phi) is 8.19. The van der Waals surface area contributed by atoms with Crippen molar-refractivity contribution in [3.05, 3.63) is 35.1 Å². The van der Waals surface area contributed by atoms with E-state index in [1.165, 1.54) is 6.08 Å². The molecule has 0 bridgehead atoms. The van der Waals surface area contributed by atoms with Crippen LogP contribution in [0.1, 0.15) is 47.0 Å². The van der Waals surface area contributed by atoms with Crippen LogP contribution in [0.5, 0.6) is 0 Å². The molecule has 0 aromatic carbocycles. The predicted octanol–water partition coefficient (Wildman–Crippen LogP) is 5.85. The zero-order valence-corrected chi connectivity index (χ0v) is 12.7. The molecule has 0 fully saturated rings. The van der Waals surface area contributed by atoms with E-state index >= 15 is 0 Å². The van der Waals surface area contributed by atoms with Gasteiger partial charge in [-0.05, 0) is 44.6 Å². The van der Waals surface area contributed by atoms with E-state index in [-0.39, 0.29) is 6.42 Å². The minimum Gasteiger partial charge on any atom is -0.264 e. The van der Waals surface area contributed by atoms with Crippen LogP contribution in [-0.4, -0.2) is 12.9 Å². The maximum atomic E-state index is 13.0. The summed E-state index contributed by atoms with van der Waals surface area (Å²) in [5, 5.41) is 0. The van der Waals surface area contributed by atoms with Gasteiger partial charge in [0.2, 0.25) is 0 Å². The number of allylic oxidation sites excluding steroid dienone is 4. The molecule has 0 radical (unpaired) electrons. The molecule has 114 valence electrons. The van der Waals surface area contributed by atoms with Crippen molar-refractivity contribution in [2.24, 2.45) is 10.9 Å². The summed E-state index contributed by atoms with van der Waals surface area (Å²) in [6.07, 6.45) is 1.73. The van der Waals surface area contributed by atoms with Crippen LogP contribution in [0.15, 0.2) is 40.1 Å². The van der Waals surface area contributed by atoms with E-state index in [1.54, 1.807) is 26.0 Å². The fourth-order valence-electron chi connectivity index (χ4n) is 1.90. The standard InChI is InChI=1S/C16H24F3N/c1-6-9-13(15(20-5)12(4)8-3)11-14(10-7-2)16(17,18)19/h6,9,11,14H,5,7-8,10H2,1-4H3/b9-6-,13-11+,15-12?. The van der Waals surface area contributed by atoms with Crippen molar-refractivity contribution >= 4 is 6.72 Å². The van der Waals surface area contributed by atoms with Gasteiger partial charge < -0.3 is 0 Å². The number of alkyl halides is 3. The number of aliphatic imine (C=N–C) groups is 1. The molecular weight excluding hydrogens is 263 g/mol. The van der Waals surface area contributed by atoms with Gasteiger partial charge in [0.15, 0.2) is 0 Å². The molecule has 0 aliphatic carbocycles. The summed E-state index contributed by atoms with van der Waals surface area (Å²) < 4.78 is 39.1.